The van der Waals surface area contributed by atoms with Gasteiger partial charge in [-0.15, -0.1) is 0 Å². The lowest BCUT2D eigenvalue weighted by Crippen LogP contribution is -2.38. The molecule has 0 saturated heterocycles. The highest BCUT2D eigenvalue weighted by atomic mass is 19.3. The van der Waals surface area contributed by atoms with Crippen molar-refractivity contribution >= 4 is 5.91 Å². The Hall–Kier alpha value is -2.51. The van der Waals surface area contributed by atoms with Crippen LogP contribution in [0.2, 0.25) is 0 Å². The molecule has 0 radical (unpaired) electrons. The van der Waals surface area contributed by atoms with Crippen molar-refractivity contribution in [2.75, 3.05) is 13.7 Å². The molecule has 1 aliphatic heterocycles. The molecule has 1 amide bonds. The fraction of sp³-hybridized carbons (Fsp3) is 0.381. The van der Waals surface area contributed by atoms with Crippen molar-refractivity contribution in [1.82, 2.24) is 5.32 Å². The third-order valence-electron chi connectivity index (χ3n) is 5.32. The molecular formula is C21H21F2NO4. The first-order chi connectivity index (χ1) is 13.2. The molecule has 7 heteroatoms. The fourth-order valence-corrected chi connectivity index (χ4v) is 4.04. The summed E-state index contributed by atoms with van der Waals surface area (Å²) >= 11 is 0. The molecule has 0 fully saturated rings. The van der Waals surface area contributed by atoms with Crippen molar-refractivity contribution in [2.24, 2.45) is 0 Å². The molecule has 2 N–H and O–H groups in total. The minimum Gasteiger partial charge on any atom is -0.485 e. The van der Waals surface area contributed by atoms with Crippen LogP contribution in [0.4, 0.5) is 8.78 Å². The van der Waals surface area contributed by atoms with Gasteiger partial charge in [0.25, 0.3) is 5.91 Å². The minimum atomic E-state index is -3.41. The zero-order chi connectivity index (χ0) is 20.1. The predicted molar refractivity (Wildman–Crippen MR) is 97.6 cm³/mol. The first kappa shape index (κ1) is 18.8. The lowest BCUT2D eigenvalue weighted by molar-refractivity contribution is -0.113. The summed E-state index contributed by atoms with van der Waals surface area (Å²) in [6.45, 7) is 2.33. The van der Waals surface area contributed by atoms with E-state index in [0.29, 0.717) is 24.3 Å². The van der Waals surface area contributed by atoms with E-state index in [1.165, 1.54) is 18.2 Å². The number of nitrogens with one attached hydrogen (secondary N) is 1. The number of rotatable bonds is 4. The van der Waals surface area contributed by atoms with Gasteiger partial charge in [0.2, 0.25) is 0 Å². The van der Waals surface area contributed by atoms with Gasteiger partial charge < -0.3 is 19.9 Å². The highest BCUT2D eigenvalue weighted by Gasteiger charge is 2.54. The number of ether oxygens (including phenoxy) is 2. The Morgan fingerprint density at radius 2 is 2.07 bits per heavy atom. The van der Waals surface area contributed by atoms with E-state index in [9.17, 15) is 18.7 Å². The van der Waals surface area contributed by atoms with Gasteiger partial charge in [-0.3, -0.25) is 4.79 Å². The molecule has 0 unspecified atom stereocenters. The summed E-state index contributed by atoms with van der Waals surface area (Å²) in [7, 11) is 1.59. The van der Waals surface area contributed by atoms with Gasteiger partial charge >= 0.3 is 5.92 Å². The molecule has 2 aromatic rings. The van der Waals surface area contributed by atoms with E-state index in [1.807, 2.05) is 6.92 Å². The Bertz CT molecular complexity index is 932. The van der Waals surface area contributed by atoms with Crippen molar-refractivity contribution < 1.29 is 28.2 Å². The molecule has 3 atom stereocenters. The number of alkyl halides is 2. The van der Waals surface area contributed by atoms with E-state index in [1.54, 1.807) is 31.4 Å². The molecule has 1 aliphatic carbocycles. The molecule has 148 valence electrons. The second-order valence-electron chi connectivity index (χ2n) is 7.59. The summed E-state index contributed by atoms with van der Waals surface area (Å²) in [6, 6.07) is 9.65. The molecule has 0 bridgehead atoms. The summed E-state index contributed by atoms with van der Waals surface area (Å²) in [5, 5.41) is 12.7. The number of aliphatic hydroxyl groups is 1. The molecule has 0 aromatic heterocycles. The van der Waals surface area contributed by atoms with Crippen molar-refractivity contribution in [3.63, 3.8) is 0 Å². The SMILES string of the molecule is COC[C@@]1(C)Cc2cc(C(=O)N[C@@H]3c4ccccc4C(F)(F)[C@@H]3O)ccc2O1. The number of benzene rings is 2. The van der Waals surface area contributed by atoms with Crippen LogP contribution in [0.15, 0.2) is 42.5 Å². The maximum atomic E-state index is 14.3. The second kappa shape index (κ2) is 6.53. The molecule has 0 spiro atoms. The molecule has 28 heavy (non-hydrogen) atoms. The van der Waals surface area contributed by atoms with Gasteiger partial charge in [-0.05, 0) is 36.2 Å². The number of aliphatic hydroxyl groups excluding tert-OH is 1. The number of hydrogen-bond donors (Lipinski definition) is 2. The standard InChI is InChI=1S/C21H21F2NO4/c1-20(11-27-2)10-13-9-12(7-8-16(13)28-20)19(26)24-17-14-5-3-4-6-15(14)21(22,23)18(17)25/h3-9,17-18,25H,10-11H2,1-2H3,(H,24,26)/t17-,18-,20-/m1/s1. The number of fused-ring (bicyclic) bond motifs is 2. The summed E-state index contributed by atoms with van der Waals surface area (Å²) in [5.74, 6) is -3.27. The van der Waals surface area contributed by atoms with E-state index in [2.05, 4.69) is 5.32 Å². The zero-order valence-corrected chi connectivity index (χ0v) is 15.5. The van der Waals surface area contributed by atoms with E-state index in [4.69, 9.17) is 9.47 Å². The van der Waals surface area contributed by atoms with Gasteiger partial charge in [-0.1, -0.05) is 24.3 Å². The zero-order valence-electron chi connectivity index (χ0n) is 15.5. The van der Waals surface area contributed by atoms with Gasteiger partial charge in [-0.25, -0.2) is 0 Å². The van der Waals surface area contributed by atoms with Crippen LogP contribution < -0.4 is 10.1 Å². The Balaban J connectivity index is 1.56. The molecule has 0 saturated carbocycles. The smallest absolute Gasteiger partial charge is 0.301 e. The topological polar surface area (TPSA) is 67.8 Å². The number of halogens is 2. The fourth-order valence-electron chi connectivity index (χ4n) is 4.04. The van der Waals surface area contributed by atoms with Crippen LogP contribution in [0.5, 0.6) is 5.75 Å². The Morgan fingerprint density at radius 1 is 1.32 bits per heavy atom. The summed E-state index contributed by atoms with van der Waals surface area (Å²) in [5.41, 5.74) is 0.638. The third-order valence-corrected chi connectivity index (χ3v) is 5.32. The van der Waals surface area contributed by atoms with Gasteiger partial charge in [-0.2, -0.15) is 8.78 Å². The number of carbonyl (C=O) groups is 1. The van der Waals surface area contributed by atoms with E-state index < -0.39 is 29.6 Å². The number of amides is 1. The molecule has 4 rings (SSSR count). The van der Waals surface area contributed by atoms with Crippen LogP contribution >= 0.6 is 0 Å². The van der Waals surface area contributed by atoms with Crippen LogP contribution in [0.1, 0.15) is 40.0 Å². The Morgan fingerprint density at radius 3 is 2.82 bits per heavy atom. The lowest BCUT2D eigenvalue weighted by Gasteiger charge is -2.22. The monoisotopic (exact) mass is 389 g/mol. The van der Waals surface area contributed by atoms with Gasteiger partial charge in [0.1, 0.15) is 17.5 Å². The summed E-state index contributed by atoms with van der Waals surface area (Å²) in [6.07, 6.45) is -1.44. The first-order valence-electron chi connectivity index (χ1n) is 9.02. The summed E-state index contributed by atoms with van der Waals surface area (Å²) < 4.78 is 39.8. The van der Waals surface area contributed by atoms with Crippen LogP contribution in [-0.4, -0.2) is 36.4 Å². The highest BCUT2D eigenvalue weighted by Crippen LogP contribution is 2.47. The number of methoxy groups -OCH3 is 1. The Labute approximate surface area is 161 Å². The number of carbonyl (C=O) groups excluding carboxylic acids is 1. The Kier molecular flexibility index (Phi) is 4.39. The lowest BCUT2D eigenvalue weighted by atomic mass is 9.98. The average Bonchev–Trinajstić information content (AvgIpc) is 3.08. The molecule has 2 aromatic carbocycles. The molecule has 5 nitrogen and oxygen atoms in total. The van der Waals surface area contributed by atoms with Crippen LogP contribution in [0.25, 0.3) is 0 Å². The number of hydrogen-bond acceptors (Lipinski definition) is 4. The highest BCUT2D eigenvalue weighted by molar-refractivity contribution is 5.95. The van der Waals surface area contributed by atoms with Crippen LogP contribution in [-0.2, 0) is 17.1 Å². The third kappa shape index (κ3) is 2.95. The second-order valence-corrected chi connectivity index (χ2v) is 7.59. The molecule has 2 aliphatic rings. The van der Waals surface area contributed by atoms with Gasteiger partial charge in [0, 0.05) is 24.7 Å². The van der Waals surface area contributed by atoms with E-state index >= 15 is 0 Å². The first-order valence-corrected chi connectivity index (χ1v) is 9.02. The normalized spacial score (nSPS) is 27.0. The average molecular weight is 389 g/mol. The maximum Gasteiger partial charge on any atom is 0.301 e. The van der Waals surface area contributed by atoms with Gasteiger partial charge in [0.15, 0.2) is 0 Å². The largest absolute Gasteiger partial charge is 0.485 e. The molecule has 1 heterocycles. The molecular weight excluding hydrogens is 368 g/mol. The minimum absolute atomic E-state index is 0.227. The van der Waals surface area contributed by atoms with Gasteiger partial charge in [0.05, 0.1) is 12.6 Å². The van der Waals surface area contributed by atoms with Crippen molar-refractivity contribution in [3.05, 3.63) is 64.7 Å². The van der Waals surface area contributed by atoms with E-state index in [-0.39, 0.29) is 11.1 Å². The van der Waals surface area contributed by atoms with E-state index in [0.717, 1.165) is 5.56 Å². The van der Waals surface area contributed by atoms with Crippen LogP contribution in [0.3, 0.4) is 0 Å². The quantitative estimate of drug-likeness (QED) is 0.844. The van der Waals surface area contributed by atoms with Crippen molar-refractivity contribution in [1.29, 1.82) is 0 Å². The summed E-state index contributed by atoms with van der Waals surface area (Å²) in [4.78, 5) is 12.7. The van der Waals surface area contributed by atoms with Crippen molar-refractivity contribution in [3.8, 4) is 5.75 Å². The van der Waals surface area contributed by atoms with Crippen LogP contribution in [0, 0.1) is 0 Å². The maximum absolute atomic E-state index is 14.3. The predicted octanol–water partition coefficient (Wildman–Crippen LogP) is 2.96. The van der Waals surface area contributed by atoms with Crippen molar-refractivity contribution in [2.45, 2.75) is 37.0 Å².